The first-order valence-corrected chi connectivity index (χ1v) is 7.18. The summed E-state index contributed by atoms with van der Waals surface area (Å²) >= 11 is 0. The topological polar surface area (TPSA) is 103 Å². The monoisotopic (exact) mass is 396 g/mol. The summed E-state index contributed by atoms with van der Waals surface area (Å²) in [7, 11) is 1.75. The molecule has 1 N–H and O–H groups in total. The maximum Gasteiger partial charge on any atom is 0.422 e. The van der Waals surface area contributed by atoms with E-state index in [4.69, 9.17) is 4.52 Å². The Bertz CT molecular complexity index is 754. The minimum Gasteiger partial charge on any atom is -0.484 e. The molecule has 144 valence electrons. The number of nitrogens with one attached hydrogen (secondary N) is 1. The highest BCUT2D eigenvalue weighted by Crippen LogP contribution is 2.33. The Morgan fingerprint density at radius 3 is 2.69 bits per heavy atom. The molecule has 1 aromatic carbocycles. The highest BCUT2D eigenvalue weighted by atomic mass is 35.5. The number of alkyl halides is 3. The zero-order valence-electron chi connectivity index (χ0n) is 13.7. The van der Waals surface area contributed by atoms with Crippen molar-refractivity contribution < 1.29 is 27.4 Å². The summed E-state index contributed by atoms with van der Waals surface area (Å²) in [5, 5.41) is 17.8. The van der Waals surface area contributed by atoms with Crippen LogP contribution in [0.15, 0.2) is 22.7 Å². The molecule has 0 aliphatic heterocycles. The zero-order chi connectivity index (χ0) is 18.6. The van der Waals surface area contributed by atoms with Gasteiger partial charge in [0.1, 0.15) is 11.3 Å². The van der Waals surface area contributed by atoms with Crippen LogP contribution in [0, 0.1) is 10.1 Å². The highest BCUT2D eigenvalue weighted by Gasteiger charge is 2.29. The molecule has 0 amide bonds. The third-order valence-corrected chi connectivity index (χ3v) is 3.25. The van der Waals surface area contributed by atoms with E-state index in [-0.39, 0.29) is 41.3 Å². The summed E-state index contributed by atoms with van der Waals surface area (Å²) < 4.78 is 46.4. The van der Waals surface area contributed by atoms with Crippen LogP contribution >= 0.6 is 12.4 Å². The van der Waals surface area contributed by atoms with E-state index >= 15 is 0 Å². The predicted octanol–water partition coefficient (Wildman–Crippen LogP) is 3.16. The van der Waals surface area contributed by atoms with Crippen molar-refractivity contribution in [2.24, 2.45) is 0 Å². The number of aromatic nitrogens is 2. The number of hydrogen-bond donors (Lipinski definition) is 1. The van der Waals surface area contributed by atoms with E-state index in [0.717, 1.165) is 18.2 Å². The number of likely N-dealkylation sites (N-methyl/N-ethyl adjacent to an activating group) is 1. The second-order valence-electron chi connectivity index (χ2n) is 5.25. The first-order chi connectivity index (χ1) is 11.7. The van der Waals surface area contributed by atoms with E-state index < -0.39 is 17.7 Å². The molecular formula is C14H16ClF3N4O4. The van der Waals surface area contributed by atoms with Crippen molar-refractivity contribution in [3.63, 3.8) is 0 Å². The van der Waals surface area contributed by atoms with Crippen molar-refractivity contribution in [2.75, 3.05) is 13.7 Å². The Labute approximate surface area is 152 Å². The molecule has 12 heteroatoms. The quantitative estimate of drug-likeness (QED) is 0.566. The molecule has 1 heterocycles. The molecule has 0 saturated carbocycles. The number of rotatable bonds is 7. The fourth-order valence-corrected chi connectivity index (χ4v) is 1.92. The Balaban J connectivity index is 0.00000338. The molecule has 2 rings (SSSR count). The number of benzene rings is 1. The summed E-state index contributed by atoms with van der Waals surface area (Å²) in [5.41, 5.74) is -0.489. The smallest absolute Gasteiger partial charge is 0.422 e. The van der Waals surface area contributed by atoms with E-state index in [1.54, 1.807) is 7.05 Å². The van der Waals surface area contributed by atoms with Gasteiger partial charge in [-0.15, -0.1) is 12.4 Å². The third-order valence-electron chi connectivity index (χ3n) is 3.25. The molecule has 26 heavy (non-hydrogen) atoms. The van der Waals surface area contributed by atoms with Crippen molar-refractivity contribution in [3.8, 4) is 17.2 Å². The first kappa shape index (κ1) is 21.6. The summed E-state index contributed by atoms with van der Waals surface area (Å²) in [4.78, 5) is 14.5. The summed E-state index contributed by atoms with van der Waals surface area (Å²) in [5.74, 6) is -0.0449. The number of nitrogens with zero attached hydrogens (tertiary/aromatic N) is 3. The van der Waals surface area contributed by atoms with Gasteiger partial charge in [-0.3, -0.25) is 10.1 Å². The fraction of sp³-hybridized carbons (Fsp3) is 0.429. The fourth-order valence-electron chi connectivity index (χ4n) is 1.92. The van der Waals surface area contributed by atoms with Gasteiger partial charge >= 0.3 is 6.18 Å². The van der Waals surface area contributed by atoms with Crippen molar-refractivity contribution in [1.29, 1.82) is 0 Å². The Kier molecular flexibility index (Phi) is 7.33. The van der Waals surface area contributed by atoms with Crippen LogP contribution in [0.3, 0.4) is 0 Å². The third kappa shape index (κ3) is 5.85. The zero-order valence-corrected chi connectivity index (χ0v) is 14.6. The number of nitro groups is 1. The van der Waals surface area contributed by atoms with E-state index in [1.165, 1.54) is 0 Å². The standard InChI is InChI=1S/C14H15F3N4O4.ClH/c1-8(18-2)5-12-19-13(25-20-12)10-6-9(24-7-14(15,16)17)3-4-11(10)21(22)23;/h3-4,6,8,18H,5,7H2,1-2H3;1H. The molecule has 2 aromatic rings. The van der Waals surface area contributed by atoms with E-state index in [2.05, 4.69) is 20.2 Å². The average molecular weight is 397 g/mol. The van der Waals surface area contributed by atoms with Gasteiger partial charge in [-0.2, -0.15) is 18.2 Å². The molecule has 1 aromatic heterocycles. The van der Waals surface area contributed by atoms with Crippen molar-refractivity contribution >= 4 is 18.1 Å². The molecular weight excluding hydrogens is 381 g/mol. The van der Waals surface area contributed by atoms with Crippen LogP contribution < -0.4 is 10.1 Å². The highest BCUT2D eigenvalue weighted by molar-refractivity contribution is 5.85. The maximum absolute atomic E-state index is 12.3. The molecule has 0 spiro atoms. The molecule has 0 bridgehead atoms. The number of nitro benzene ring substituents is 1. The number of halogens is 4. The lowest BCUT2D eigenvalue weighted by Crippen LogP contribution is -2.24. The van der Waals surface area contributed by atoms with Gasteiger partial charge in [-0.05, 0) is 26.1 Å². The van der Waals surface area contributed by atoms with E-state index in [0.29, 0.717) is 12.2 Å². The van der Waals surface area contributed by atoms with Gasteiger partial charge in [-0.25, -0.2) is 0 Å². The van der Waals surface area contributed by atoms with Crippen LogP contribution in [0.4, 0.5) is 18.9 Å². The summed E-state index contributed by atoms with van der Waals surface area (Å²) in [6.45, 7) is 0.364. The van der Waals surface area contributed by atoms with E-state index in [9.17, 15) is 23.3 Å². The maximum atomic E-state index is 12.3. The van der Waals surface area contributed by atoms with Crippen LogP contribution in [-0.2, 0) is 6.42 Å². The second-order valence-corrected chi connectivity index (χ2v) is 5.25. The molecule has 0 saturated heterocycles. The van der Waals surface area contributed by atoms with Gasteiger partial charge in [0.15, 0.2) is 12.4 Å². The summed E-state index contributed by atoms with van der Waals surface area (Å²) in [6, 6.07) is 3.22. The predicted molar refractivity (Wildman–Crippen MR) is 87.4 cm³/mol. The normalized spacial score (nSPS) is 12.3. The lowest BCUT2D eigenvalue weighted by Gasteiger charge is -2.09. The Hall–Kier alpha value is -2.40. The molecule has 0 aliphatic carbocycles. The van der Waals surface area contributed by atoms with Gasteiger partial charge < -0.3 is 14.6 Å². The van der Waals surface area contributed by atoms with Gasteiger partial charge in [0.25, 0.3) is 11.6 Å². The first-order valence-electron chi connectivity index (χ1n) is 7.18. The Morgan fingerprint density at radius 1 is 1.42 bits per heavy atom. The number of ether oxygens (including phenoxy) is 1. The van der Waals surface area contributed by atoms with Crippen molar-refractivity contribution in [3.05, 3.63) is 34.1 Å². The van der Waals surface area contributed by atoms with Crippen molar-refractivity contribution in [2.45, 2.75) is 25.6 Å². The largest absolute Gasteiger partial charge is 0.484 e. The lowest BCUT2D eigenvalue weighted by atomic mass is 10.1. The molecule has 8 nitrogen and oxygen atoms in total. The van der Waals surface area contributed by atoms with Crippen LogP contribution in [-0.4, -0.2) is 40.9 Å². The molecule has 1 atom stereocenters. The van der Waals surface area contributed by atoms with Gasteiger partial charge in [0.2, 0.25) is 0 Å². The Morgan fingerprint density at radius 2 is 2.12 bits per heavy atom. The minimum atomic E-state index is -4.52. The summed E-state index contributed by atoms with van der Waals surface area (Å²) in [6.07, 6.45) is -4.11. The van der Waals surface area contributed by atoms with Gasteiger partial charge in [0, 0.05) is 18.5 Å². The molecule has 0 aliphatic rings. The average Bonchev–Trinajstić information content (AvgIpc) is 3.00. The molecule has 0 radical (unpaired) electrons. The van der Waals surface area contributed by atoms with Crippen molar-refractivity contribution in [1.82, 2.24) is 15.5 Å². The second kappa shape index (κ2) is 8.81. The van der Waals surface area contributed by atoms with Crippen LogP contribution in [0.2, 0.25) is 0 Å². The van der Waals surface area contributed by atoms with Crippen LogP contribution in [0.5, 0.6) is 5.75 Å². The lowest BCUT2D eigenvalue weighted by molar-refractivity contribution is -0.384. The van der Waals surface area contributed by atoms with Gasteiger partial charge in [-0.1, -0.05) is 5.16 Å². The minimum absolute atomic E-state index is 0. The SMILES string of the molecule is CNC(C)Cc1noc(-c2cc(OCC(F)(F)F)ccc2[N+](=O)[O-])n1.Cl. The van der Waals surface area contributed by atoms with Crippen LogP contribution in [0.25, 0.3) is 11.5 Å². The van der Waals surface area contributed by atoms with E-state index in [1.807, 2.05) is 6.92 Å². The number of hydrogen-bond acceptors (Lipinski definition) is 7. The molecule has 1 unspecified atom stereocenters. The molecule has 0 fully saturated rings. The van der Waals surface area contributed by atoms with Crippen LogP contribution in [0.1, 0.15) is 12.7 Å². The van der Waals surface area contributed by atoms with Gasteiger partial charge in [0.05, 0.1) is 4.92 Å².